The van der Waals surface area contributed by atoms with Gasteiger partial charge < -0.3 is 9.90 Å². The van der Waals surface area contributed by atoms with E-state index >= 15 is 0 Å². The molecule has 0 amide bonds. The van der Waals surface area contributed by atoms with E-state index in [0.717, 1.165) is 16.7 Å². The van der Waals surface area contributed by atoms with Gasteiger partial charge in [0.25, 0.3) is 0 Å². The number of carbonyl (C=O) groups excluding carboxylic acids is 1. The maximum absolute atomic E-state index is 12.9. The first-order valence-electron chi connectivity index (χ1n) is 8.45. The van der Waals surface area contributed by atoms with Crippen molar-refractivity contribution in [1.82, 2.24) is 4.72 Å². The molecule has 0 spiro atoms. The summed E-state index contributed by atoms with van der Waals surface area (Å²) in [6.45, 7) is 7.32. The van der Waals surface area contributed by atoms with Crippen LogP contribution in [0.2, 0.25) is 0 Å². The second-order valence-corrected chi connectivity index (χ2v) is 8.33. The van der Waals surface area contributed by atoms with Gasteiger partial charge in [-0.1, -0.05) is 36.4 Å². The fourth-order valence-electron chi connectivity index (χ4n) is 3.10. The average Bonchev–Trinajstić information content (AvgIpc) is 2.57. The molecular formula is C20H24NO4S-. The molecule has 5 nitrogen and oxygen atoms in total. The van der Waals surface area contributed by atoms with Gasteiger partial charge in [-0.05, 0) is 61.9 Å². The van der Waals surface area contributed by atoms with Crippen molar-refractivity contribution in [2.45, 2.75) is 44.9 Å². The van der Waals surface area contributed by atoms with Crippen molar-refractivity contribution in [3.8, 4) is 0 Å². The number of hydrogen-bond acceptors (Lipinski definition) is 4. The molecule has 0 radical (unpaired) electrons. The molecule has 26 heavy (non-hydrogen) atoms. The van der Waals surface area contributed by atoms with Gasteiger partial charge in [-0.15, -0.1) is 0 Å². The van der Waals surface area contributed by atoms with Crippen LogP contribution in [-0.2, 0) is 14.8 Å². The third kappa shape index (κ3) is 4.51. The Morgan fingerprint density at radius 2 is 1.58 bits per heavy atom. The number of carboxylic acids is 1. The molecule has 0 aromatic heterocycles. The Morgan fingerprint density at radius 3 is 2.08 bits per heavy atom. The van der Waals surface area contributed by atoms with Gasteiger partial charge in [-0.3, -0.25) is 0 Å². The smallest absolute Gasteiger partial charge is 0.241 e. The van der Waals surface area contributed by atoms with E-state index in [1.54, 1.807) is 38.1 Å². The zero-order valence-corrected chi connectivity index (χ0v) is 16.3. The molecule has 0 unspecified atom stereocenters. The van der Waals surface area contributed by atoms with Gasteiger partial charge in [0.1, 0.15) is 0 Å². The van der Waals surface area contributed by atoms with Gasteiger partial charge in [0, 0.05) is 18.4 Å². The molecule has 0 saturated carbocycles. The molecule has 0 heterocycles. The first-order valence-corrected chi connectivity index (χ1v) is 9.93. The van der Waals surface area contributed by atoms with Crippen molar-refractivity contribution in [3.63, 3.8) is 0 Å². The second-order valence-electron chi connectivity index (χ2n) is 6.63. The monoisotopic (exact) mass is 374 g/mol. The summed E-state index contributed by atoms with van der Waals surface area (Å²) in [6.07, 6.45) is -0.253. The quantitative estimate of drug-likeness (QED) is 0.804. The van der Waals surface area contributed by atoms with Crippen LogP contribution in [-0.4, -0.2) is 20.9 Å². The molecule has 2 aromatic carbocycles. The van der Waals surface area contributed by atoms with Crippen molar-refractivity contribution in [2.75, 3.05) is 6.54 Å². The summed E-state index contributed by atoms with van der Waals surface area (Å²) in [5.41, 5.74) is 3.98. The van der Waals surface area contributed by atoms with Gasteiger partial charge in [-0.25, -0.2) is 13.1 Å². The first kappa shape index (κ1) is 20.1. The lowest BCUT2D eigenvalue weighted by molar-refractivity contribution is -0.306. The molecule has 6 heteroatoms. The summed E-state index contributed by atoms with van der Waals surface area (Å²) in [5.74, 6) is -1.71. The molecule has 0 aliphatic carbocycles. The first-order chi connectivity index (χ1) is 12.1. The van der Waals surface area contributed by atoms with Crippen molar-refractivity contribution in [2.24, 2.45) is 0 Å². The zero-order chi connectivity index (χ0) is 19.5. The largest absolute Gasteiger partial charge is 0.550 e. The van der Waals surface area contributed by atoms with Crippen LogP contribution in [0.1, 0.15) is 40.2 Å². The SMILES string of the molecule is Cc1cc(C)c(C)c(S(=O)(=O)NC[C@@H](CC(=O)[O-])c2ccccc2)c1C. The molecule has 0 aliphatic rings. The molecule has 0 fully saturated rings. The number of carbonyl (C=O) groups is 1. The Labute approximate surface area is 155 Å². The Hall–Kier alpha value is -2.18. The Balaban J connectivity index is 2.33. The highest BCUT2D eigenvalue weighted by atomic mass is 32.2. The van der Waals surface area contributed by atoms with Crippen LogP contribution in [0.5, 0.6) is 0 Å². The molecule has 140 valence electrons. The minimum atomic E-state index is -3.77. The zero-order valence-electron chi connectivity index (χ0n) is 15.5. The summed E-state index contributed by atoms with van der Waals surface area (Å²) < 4.78 is 28.4. The lowest BCUT2D eigenvalue weighted by Crippen LogP contribution is -2.33. The maximum atomic E-state index is 12.9. The lowest BCUT2D eigenvalue weighted by atomic mass is 9.96. The molecule has 0 bridgehead atoms. The summed E-state index contributed by atoms with van der Waals surface area (Å²) in [6, 6.07) is 11.0. The predicted octanol–water partition coefficient (Wildman–Crippen LogP) is 2.12. The number of rotatable bonds is 7. The second kappa shape index (κ2) is 8.01. The highest BCUT2D eigenvalue weighted by Gasteiger charge is 2.23. The molecule has 2 aromatic rings. The predicted molar refractivity (Wildman–Crippen MR) is 99.4 cm³/mol. The normalized spacial score (nSPS) is 12.8. The number of hydrogen-bond donors (Lipinski definition) is 1. The maximum Gasteiger partial charge on any atom is 0.241 e. The van der Waals surface area contributed by atoms with Crippen LogP contribution in [0.25, 0.3) is 0 Å². The van der Waals surface area contributed by atoms with Gasteiger partial charge in [0.2, 0.25) is 10.0 Å². The molecule has 2 rings (SSSR count). The van der Waals surface area contributed by atoms with Crippen molar-refractivity contribution in [3.05, 3.63) is 64.2 Å². The Morgan fingerprint density at radius 1 is 1.04 bits per heavy atom. The number of carboxylic acid groups (broad SMARTS) is 1. The molecule has 1 N–H and O–H groups in total. The number of nitrogens with one attached hydrogen (secondary N) is 1. The minimum Gasteiger partial charge on any atom is -0.550 e. The summed E-state index contributed by atoms with van der Waals surface area (Å²) >= 11 is 0. The van der Waals surface area contributed by atoms with Gasteiger partial charge in [0.15, 0.2) is 0 Å². The Bertz CT molecular complexity index is 879. The van der Waals surface area contributed by atoms with E-state index in [1.807, 2.05) is 26.0 Å². The van der Waals surface area contributed by atoms with Crippen LogP contribution >= 0.6 is 0 Å². The van der Waals surface area contributed by atoms with Gasteiger partial charge in [-0.2, -0.15) is 0 Å². The minimum absolute atomic E-state index is 0.00774. The fourth-order valence-corrected chi connectivity index (χ4v) is 4.79. The van der Waals surface area contributed by atoms with Crippen LogP contribution in [0.15, 0.2) is 41.3 Å². The highest BCUT2D eigenvalue weighted by molar-refractivity contribution is 7.89. The molecule has 1 atom stereocenters. The van der Waals surface area contributed by atoms with Crippen LogP contribution in [0.3, 0.4) is 0 Å². The van der Waals surface area contributed by atoms with E-state index in [2.05, 4.69) is 4.72 Å². The van der Waals surface area contributed by atoms with Crippen LogP contribution in [0.4, 0.5) is 0 Å². The van der Waals surface area contributed by atoms with E-state index in [-0.39, 0.29) is 17.9 Å². The van der Waals surface area contributed by atoms with Crippen molar-refractivity contribution < 1.29 is 18.3 Å². The van der Waals surface area contributed by atoms with Gasteiger partial charge in [0.05, 0.1) is 4.90 Å². The number of aryl methyl sites for hydroxylation is 2. The van der Waals surface area contributed by atoms with E-state index < -0.39 is 21.9 Å². The summed E-state index contributed by atoms with van der Waals surface area (Å²) in [4.78, 5) is 11.4. The summed E-state index contributed by atoms with van der Waals surface area (Å²) in [7, 11) is -3.77. The fraction of sp³-hybridized carbons (Fsp3) is 0.350. The van der Waals surface area contributed by atoms with E-state index in [0.29, 0.717) is 11.1 Å². The Kier molecular flexibility index (Phi) is 6.21. The van der Waals surface area contributed by atoms with Crippen molar-refractivity contribution >= 4 is 16.0 Å². The molecule has 0 aliphatic heterocycles. The van der Waals surface area contributed by atoms with Crippen molar-refractivity contribution in [1.29, 1.82) is 0 Å². The topological polar surface area (TPSA) is 86.3 Å². The average molecular weight is 374 g/mol. The van der Waals surface area contributed by atoms with E-state index in [9.17, 15) is 18.3 Å². The van der Waals surface area contributed by atoms with Gasteiger partial charge >= 0.3 is 0 Å². The van der Waals surface area contributed by atoms with Crippen LogP contribution in [0, 0.1) is 27.7 Å². The molecule has 0 saturated heterocycles. The summed E-state index contributed by atoms with van der Waals surface area (Å²) in [5, 5.41) is 11.1. The standard InChI is InChI=1S/C20H25NO4S/c1-13-10-14(2)16(4)20(15(13)3)26(24,25)21-12-18(11-19(22)23)17-8-6-5-7-9-17/h5-10,18,21H,11-12H2,1-4H3,(H,22,23)/p-1/t18-/m1/s1. The molecular weight excluding hydrogens is 350 g/mol. The highest BCUT2D eigenvalue weighted by Crippen LogP contribution is 2.26. The third-order valence-corrected chi connectivity index (χ3v) is 6.47. The third-order valence-electron chi connectivity index (χ3n) is 4.77. The number of aliphatic carboxylic acids is 1. The lowest BCUT2D eigenvalue weighted by Gasteiger charge is -2.21. The van der Waals surface area contributed by atoms with Crippen LogP contribution < -0.4 is 9.83 Å². The van der Waals surface area contributed by atoms with E-state index in [1.165, 1.54) is 0 Å². The number of benzene rings is 2. The van der Waals surface area contributed by atoms with E-state index in [4.69, 9.17) is 0 Å². The number of sulfonamides is 1.